The number of hydrogen-bond acceptors (Lipinski definition) is 2. The van der Waals surface area contributed by atoms with E-state index >= 15 is 0 Å². The maximum atomic E-state index is 9.85. The molecule has 2 N–H and O–H groups in total. The van der Waals surface area contributed by atoms with Gasteiger partial charge in [-0.15, -0.1) is 0 Å². The van der Waals surface area contributed by atoms with E-state index in [1.165, 1.54) is 51.4 Å². The Kier molecular flexibility index (Phi) is 6.44. The molecule has 3 aliphatic rings. The summed E-state index contributed by atoms with van der Waals surface area (Å²) < 4.78 is 0. The van der Waals surface area contributed by atoms with E-state index in [0.717, 1.165) is 49.4 Å². The quantitative estimate of drug-likeness (QED) is 0.647. The highest BCUT2D eigenvalue weighted by Gasteiger charge is 2.44. The van der Waals surface area contributed by atoms with Crippen LogP contribution in [0.1, 0.15) is 105 Å². The fraction of sp³-hybridized carbons (Fsp3) is 1.00. The Balaban J connectivity index is 1.54. The maximum absolute atomic E-state index is 9.85. The first-order valence-electron chi connectivity index (χ1n) is 11.6. The van der Waals surface area contributed by atoms with Crippen molar-refractivity contribution in [1.82, 2.24) is 0 Å². The van der Waals surface area contributed by atoms with Crippen LogP contribution in [-0.4, -0.2) is 22.4 Å². The fourth-order valence-corrected chi connectivity index (χ4v) is 6.89. The van der Waals surface area contributed by atoms with Crippen LogP contribution in [-0.2, 0) is 0 Å². The van der Waals surface area contributed by atoms with Gasteiger partial charge in [0.15, 0.2) is 0 Å². The Morgan fingerprint density at radius 3 is 0.846 bits per heavy atom. The van der Waals surface area contributed by atoms with Crippen LogP contribution < -0.4 is 0 Å². The van der Waals surface area contributed by atoms with Crippen molar-refractivity contribution in [2.45, 2.75) is 117 Å². The van der Waals surface area contributed by atoms with E-state index in [1.54, 1.807) is 0 Å². The van der Waals surface area contributed by atoms with Crippen LogP contribution >= 0.6 is 0 Å². The first-order valence-corrected chi connectivity index (χ1v) is 11.6. The molecule has 0 radical (unpaired) electrons. The average molecular weight is 365 g/mol. The second-order valence-corrected chi connectivity index (χ2v) is 11.2. The third kappa shape index (κ3) is 4.32. The summed E-state index contributed by atoms with van der Waals surface area (Å²) in [6, 6.07) is 0. The minimum Gasteiger partial charge on any atom is -0.393 e. The van der Waals surface area contributed by atoms with E-state index in [4.69, 9.17) is 0 Å². The molecule has 0 aromatic heterocycles. The first kappa shape index (κ1) is 20.6. The van der Waals surface area contributed by atoms with E-state index in [1.807, 2.05) is 0 Å². The second kappa shape index (κ2) is 8.11. The summed E-state index contributed by atoms with van der Waals surface area (Å²) >= 11 is 0. The van der Waals surface area contributed by atoms with E-state index in [0.29, 0.717) is 10.8 Å². The van der Waals surface area contributed by atoms with Crippen molar-refractivity contribution in [3.8, 4) is 0 Å². The van der Waals surface area contributed by atoms with Gasteiger partial charge in [-0.2, -0.15) is 0 Å². The topological polar surface area (TPSA) is 40.5 Å². The summed E-state index contributed by atoms with van der Waals surface area (Å²) in [6.07, 6.45) is 14.5. The van der Waals surface area contributed by atoms with E-state index in [9.17, 15) is 10.2 Å². The largest absolute Gasteiger partial charge is 0.393 e. The molecule has 0 heterocycles. The van der Waals surface area contributed by atoms with Crippen molar-refractivity contribution < 1.29 is 10.2 Å². The molecule has 0 aromatic carbocycles. The standard InChI is InChI=1S/C24H44O2/c1-23(2,19-9-13-21(25)14-10-19)17-5-7-18(8-6-17)24(3,4)20-11-15-22(26)16-12-20/h17-22,25-26H,5-16H2,1-4H3. The molecule has 0 spiro atoms. The van der Waals surface area contributed by atoms with Crippen LogP contribution in [0.25, 0.3) is 0 Å². The smallest absolute Gasteiger partial charge is 0.0540 e. The molecule has 0 atom stereocenters. The zero-order valence-electron chi connectivity index (χ0n) is 17.8. The van der Waals surface area contributed by atoms with Crippen molar-refractivity contribution in [3.05, 3.63) is 0 Å². The zero-order chi connectivity index (χ0) is 18.9. The van der Waals surface area contributed by atoms with Gasteiger partial charge in [0.05, 0.1) is 12.2 Å². The van der Waals surface area contributed by atoms with Crippen LogP contribution in [0.3, 0.4) is 0 Å². The molecular weight excluding hydrogens is 320 g/mol. The molecule has 3 fully saturated rings. The van der Waals surface area contributed by atoms with Gasteiger partial charge in [-0.05, 0) is 112 Å². The molecule has 0 unspecified atom stereocenters. The Labute approximate surface area is 162 Å². The van der Waals surface area contributed by atoms with E-state index in [-0.39, 0.29) is 12.2 Å². The lowest BCUT2D eigenvalue weighted by molar-refractivity contribution is -0.0169. The Morgan fingerprint density at radius 1 is 0.423 bits per heavy atom. The molecule has 0 saturated heterocycles. The number of aliphatic hydroxyl groups is 2. The third-order valence-corrected chi connectivity index (χ3v) is 9.33. The summed E-state index contributed by atoms with van der Waals surface area (Å²) in [6.45, 7) is 10.1. The summed E-state index contributed by atoms with van der Waals surface area (Å²) in [4.78, 5) is 0. The molecule has 0 aliphatic heterocycles. The second-order valence-electron chi connectivity index (χ2n) is 11.2. The van der Waals surface area contributed by atoms with Gasteiger partial charge < -0.3 is 10.2 Å². The molecule has 0 aromatic rings. The number of hydrogen-bond donors (Lipinski definition) is 2. The average Bonchev–Trinajstić information content (AvgIpc) is 2.62. The highest BCUT2D eigenvalue weighted by molar-refractivity contribution is 4.95. The van der Waals surface area contributed by atoms with Gasteiger partial charge in [-0.1, -0.05) is 27.7 Å². The van der Waals surface area contributed by atoms with E-state index in [2.05, 4.69) is 27.7 Å². The lowest BCUT2D eigenvalue weighted by Crippen LogP contribution is -2.41. The Bertz CT molecular complexity index is 389. The predicted molar refractivity (Wildman–Crippen MR) is 109 cm³/mol. The first-order chi connectivity index (χ1) is 12.2. The fourth-order valence-electron chi connectivity index (χ4n) is 6.89. The Morgan fingerprint density at radius 2 is 0.615 bits per heavy atom. The SMILES string of the molecule is CC(C)(C1CCC(O)CC1)C1CCC(C(C)(C)C2CCC(O)CC2)CC1. The monoisotopic (exact) mass is 364 g/mol. The molecule has 3 rings (SSSR count). The van der Waals surface area contributed by atoms with Crippen molar-refractivity contribution in [3.63, 3.8) is 0 Å². The molecule has 0 bridgehead atoms. The highest BCUT2D eigenvalue weighted by atomic mass is 16.3. The van der Waals surface area contributed by atoms with Crippen LogP contribution in [0, 0.1) is 34.5 Å². The lowest BCUT2D eigenvalue weighted by atomic mass is 9.55. The normalized spacial score (nSPS) is 40.4. The number of rotatable bonds is 4. The molecule has 26 heavy (non-hydrogen) atoms. The van der Waals surface area contributed by atoms with Gasteiger partial charge >= 0.3 is 0 Å². The van der Waals surface area contributed by atoms with Crippen molar-refractivity contribution in [1.29, 1.82) is 0 Å². The van der Waals surface area contributed by atoms with Gasteiger partial charge in [0.1, 0.15) is 0 Å². The van der Waals surface area contributed by atoms with E-state index < -0.39 is 0 Å². The minimum atomic E-state index is -0.0346. The summed E-state index contributed by atoms with van der Waals surface area (Å²) in [7, 11) is 0. The minimum absolute atomic E-state index is 0.0346. The molecular formula is C24H44O2. The van der Waals surface area contributed by atoms with Crippen molar-refractivity contribution in [2.24, 2.45) is 34.5 Å². The van der Waals surface area contributed by atoms with Gasteiger partial charge in [0, 0.05) is 0 Å². The molecule has 2 heteroatoms. The molecule has 0 amide bonds. The molecule has 152 valence electrons. The molecule has 3 aliphatic carbocycles. The third-order valence-electron chi connectivity index (χ3n) is 9.33. The van der Waals surface area contributed by atoms with Crippen molar-refractivity contribution >= 4 is 0 Å². The summed E-state index contributed by atoms with van der Waals surface area (Å²) in [5, 5.41) is 19.7. The molecule has 2 nitrogen and oxygen atoms in total. The van der Waals surface area contributed by atoms with Gasteiger partial charge in [0.25, 0.3) is 0 Å². The van der Waals surface area contributed by atoms with Crippen molar-refractivity contribution in [2.75, 3.05) is 0 Å². The highest BCUT2D eigenvalue weighted by Crippen LogP contribution is 2.54. The van der Waals surface area contributed by atoms with Crippen LogP contribution in [0.5, 0.6) is 0 Å². The maximum Gasteiger partial charge on any atom is 0.0540 e. The zero-order valence-corrected chi connectivity index (χ0v) is 17.8. The predicted octanol–water partition coefficient (Wildman–Crippen LogP) is 5.95. The Hall–Kier alpha value is -0.0800. The van der Waals surface area contributed by atoms with Crippen LogP contribution in [0.2, 0.25) is 0 Å². The van der Waals surface area contributed by atoms with Crippen LogP contribution in [0.4, 0.5) is 0 Å². The summed E-state index contributed by atoms with van der Waals surface area (Å²) in [5.41, 5.74) is 0.869. The van der Waals surface area contributed by atoms with Crippen LogP contribution in [0.15, 0.2) is 0 Å². The summed E-state index contributed by atoms with van der Waals surface area (Å²) in [5.74, 6) is 3.34. The lowest BCUT2D eigenvalue weighted by Gasteiger charge is -2.50. The van der Waals surface area contributed by atoms with Gasteiger partial charge in [-0.3, -0.25) is 0 Å². The van der Waals surface area contributed by atoms with Gasteiger partial charge in [-0.25, -0.2) is 0 Å². The number of aliphatic hydroxyl groups excluding tert-OH is 2. The van der Waals surface area contributed by atoms with Gasteiger partial charge in [0.2, 0.25) is 0 Å². The molecule has 3 saturated carbocycles.